The molecule has 0 aliphatic heterocycles. The van der Waals surface area contributed by atoms with E-state index in [1.165, 1.54) is 11.3 Å². The summed E-state index contributed by atoms with van der Waals surface area (Å²) in [5.74, 6) is -0.448. The van der Waals surface area contributed by atoms with E-state index in [-0.39, 0.29) is 5.01 Å². The first-order chi connectivity index (χ1) is 9.29. The molecule has 2 aromatic heterocycles. The number of esters is 1. The van der Waals surface area contributed by atoms with E-state index in [0.29, 0.717) is 11.7 Å². The third-order valence-corrected chi connectivity index (χ3v) is 3.43. The molecule has 7 heteroatoms. The molecule has 0 bridgehead atoms. The second-order valence-electron chi connectivity index (χ2n) is 3.71. The van der Waals surface area contributed by atoms with E-state index in [1.807, 2.05) is 24.3 Å². The number of hydrogen-bond donors (Lipinski definition) is 0. The molecule has 0 atom stereocenters. The molecule has 0 fully saturated rings. The highest BCUT2D eigenvalue weighted by Gasteiger charge is 2.15. The van der Waals surface area contributed by atoms with E-state index < -0.39 is 5.97 Å². The highest BCUT2D eigenvalue weighted by Crippen LogP contribution is 2.21. The molecule has 1 aromatic carbocycles. The second kappa shape index (κ2) is 4.77. The van der Waals surface area contributed by atoms with E-state index in [2.05, 4.69) is 15.2 Å². The maximum atomic E-state index is 11.6. The third kappa shape index (κ3) is 2.08. The van der Waals surface area contributed by atoms with Crippen molar-refractivity contribution in [1.82, 2.24) is 19.7 Å². The first-order valence-corrected chi connectivity index (χ1v) is 6.54. The van der Waals surface area contributed by atoms with Crippen LogP contribution in [0.4, 0.5) is 0 Å². The molecule has 19 heavy (non-hydrogen) atoms. The van der Waals surface area contributed by atoms with E-state index in [9.17, 15) is 4.79 Å². The normalized spacial score (nSPS) is 10.8. The number of carbonyl (C=O) groups is 1. The van der Waals surface area contributed by atoms with Crippen molar-refractivity contribution in [2.24, 2.45) is 0 Å². The summed E-state index contributed by atoms with van der Waals surface area (Å²) in [6.45, 7) is 2.07. The molecule has 6 nitrogen and oxygen atoms in total. The predicted octanol–water partition coefficient (Wildman–Crippen LogP) is 2.05. The zero-order valence-electron chi connectivity index (χ0n) is 10.1. The molecular formula is C12H10N4O2S. The topological polar surface area (TPSA) is 69.9 Å². The Morgan fingerprint density at radius 1 is 1.37 bits per heavy atom. The SMILES string of the molecule is CCOC(=O)c1nnc(-n2cnc3ccccc32)s1. The Labute approximate surface area is 112 Å². The zero-order chi connectivity index (χ0) is 13.2. The van der Waals surface area contributed by atoms with Crippen molar-refractivity contribution in [2.45, 2.75) is 6.92 Å². The molecule has 0 N–H and O–H groups in total. The molecule has 0 unspecified atom stereocenters. The van der Waals surface area contributed by atoms with Crippen molar-refractivity contribution in [3.63, 3.8) is 0 Å². The number of para-hydroxylation sites is 2. The number of carbonyl (C=O) groups excluding carboxylic acids is 1. The summed E-state index contributed by atoms with van der Waals surface area (Å²) in [5.41, 5.74) is 1.80. The van der Waals surface area contributed by atoms with Gasteiger partial charge >= 0.3 is 5.97 Å². The maximum Gasteiger partial charge on any atom is 0.369 e. The van der Waals surface area contributed by atoms with Crippen molar-refractivity contribution in [1.29, 1.82) is 0 Å². The molecule has 3 rings (SSSR count). The largest absolute Gasteiger partial charge is 0.461 e. The Kier molecular flexibility index (Phi) is 2.96. The average Bonchev–Trinajstić information content (AvgIpc) is 3.05. The third-order valence-electron chi connectivity index (χ3n) is 2.52. The van der Waals surface area contributed by atoms with Gasteiger partial charge in [-0.1, -0.05) is 23.5 Å². The standard InChI is InChI=1S/C12H10N4O2S/c1-2-18-11(17)10-14-15-12(19-10)16-7-13-8-5-3-4-6-9(8)16/h3-7H,2H2,1H3. The minimum absolute atomic E-state index is 0.245. The maximum absolute atomic E-state index is 11.6. The molecule has 0 aliphatic carbocycles. The first-order valence-electron chi connectivity index (χ1n) is 5.72. The lowest BCUT2D eigenvalue weighted by Crippen LogP contribution is -2.03. The van der Waals surface area contributed by atoms with E-state index >= 15 is 0 Å². The van der Waals surface area contributed by atoms with Gasteiger partial charge in [0.15, 0.2) is 0 Å². The fourth-order valence-corrected chi connectivity index (χ4v) is 2.42. The molecule has 0 amide bonds. The minimum atomic E-state index is -0.448. The molecule has 0 saturated heterocycles. The number of nitrogens with zero attached hydrogens (tertiary/aromatic N) is 4. The van der Waals surface area contributed by atoms with E-state index in [0.717, 1.165) is 11.0 Å². The second-order valence-corrected chi connectivity index (χ2v) is 4.67. The van der Waals surface area contributed by atoms with Crippen LogP contribution in [0.5, 0.6) is 0 Å². The monoisotopic (exact) mass is 274 g/mol. The minimum Gasteiger partial charge on any atom is -0.461 e. The molecular weight excluding hydrogens is 264 g/mol. The summed E-state index contributed by atoms with van der Waals surface area (Å²) >= 11 is 1.18. The van der Waals surface area contributed by atoms with Crippen LogP contribution in [0.3, 0.4) is 0 Å². The van der Waals surface area contributed by atoms with Crippen LogP contribution in [0.15, 0.2) is 30.6 Å². The van der Waals surface area contributed by atoms with Gasteiger partial charge in [0, 0.05) is 0 Å². The molecule has 0 saturated carbocycles. The summed E-state index contributed by atoms with van der Waals surface area (Å²) in [6.07, 6.45) is 1.67. The van der Waals surface area contributed by atoms with Gasteiger partial charge in [0.05, 0.1) is 17.6 Å². The smallest absolute Gasteiger partial charge is 0.369 e. The lowest BCUT2D eigenvalue weighted by Gasteiger charge is -1.96. The number of imidazole rings is 1. The van der Waals surface area contributed by atoms with Gasteiger partial charge in [0.25, 0.3) is 0 Å². The van der Waals surface area contributed by atoms with Crippen LogP contribution in [0, 0.1) is 0 Å². The number of hydrogen-bond acceptors (Lipinski definition) is 6. The van der Waals surface area contributed by atoms with Gasteiger partial charge in [0.1, 0.15) is 6.33 Å². The van der Waals surface area contributed by atoms with Crippen LogP contribution in [0.2, 0.25) is 0 Å². The predicted molar refractivity (Wildman–Crippen MR) is 70.5 cm³/mol. The quantitative estimate of drug-likeness (QED) is 0.684. The van der Waals surface area contributed by atoms with Crippen LogP contribution in [-0.2, 0) is 4.74 Å². The van der Waals surface area contributed by atoms with Crippen LogP contribution in [0.1, 0.15) is 16.7 Å². The van der Waals surface area contributed by atoms with Gasteiger partial charge in [-0.15, -0.1) is 10.2 Å². The molecule has 0 radical (unpaired) electrons. The van der Waals surface area contributed by atoms with Gasteiger partial charge in [-0.25, -0.2) is 9.78 Å². The number of fused-ring (bicyclic) bond motifs is 1. The zero-order valence-corrected chi connectivity index (χ0v) is 10.9. The van der Waals surface area contributed by atoms with Crippen molar-refractivity contribution in [2.75, 3.05) is 6.61 Å². The van der Waals surface area contributed by atoms with Crippen molar-refractivity contribution in [3.8, 4) is 5.13 Å². The molecule has 2 heterocycles. The van der Waals surface area contributed by atoms with Crippen LogP contribution in [0.25, 0.3) is 16.2 Å². The van der Waals surface area contributed by atoms with Gasteiger partial charge < -0.3 is 4.74 Å². The number of aromatic nitrogens is 4. The van der Waals surface area contributed by atoms with Gasteiger partial charge in [-0.3, -0.25) is 4.57 Å². The first kappa shape index (κ1) is 11.8. The lowest BCUT2D eigenvalue weighted by molar-refractivity contribution is 0.0525. The Morgan fingerprint density at radius 3 is 3.05 bits per heavy atom. The van der Waals surface area contributed by atoms with Crippen LogP contribution in [-0.4, -0.2) is 32.3 Å². The number of benzene rings is 1. The molecule has 96 valence electrons. The summed E-state index contributed by atoms with van der Waals surface area (Å²) in [5, 5.41) is 8.68. The van der Waals surface area contributed by atoms with Gasteiger partial charge in [-0.2, -0.15) is 0 Å². The van der Waals surface area contributed by atoms with Crippen molar-refractivity contribution in [3.05, 3.63) is 35.6 Å². The lowest BCUT2D eigenvalue weighted by atomic mass is 10.3. The summed E-state index contributed by atoms with van der Waals surface area (Å²) in [7, 11) is 0. The van der Waals surface area contributed by atoms with E-state index in [1.54, 1.807) is 17.8 Å². The van der Waals surface area contributed by atoms with Gasteiger partial charge in [0.2, 0.25) is 10.1 Å². The Bertz CT molecular complexity index is 734. The average molecular weight is 274 g/mol. The fraction of sp³-hybridized carbons (Fsp3) is 0.167. The van der Waals surface area contributed by atoms with Crippen LogP contribution < -0.4 is 0 Å². The van der Waals surface area contributed by atoms with Crippen LogP contribution >= 0.6 is 11.3 Å². The number of rotatable bonds is 3. The summed E-state index contributed by atoms with van der Waals surface area (Å²) < 4.78 is 6.69. The van der Waals surface area contributed by atoms with E-state index in [4.69, 9.17) is 4.74 Å². The molecule has 3 aromatic rings. The van der Waals surface area contributed by atoms with Crippen molar-refractivity contribution >= 4 is 28.3 Å². The van der Waals surface area contributed by atoms with Gasteiger partial charge in [-0.05, 0) is 19.1 Å². The molecule has 0 spiro atoms. The summed E-state index contributed by atoms with van der Waals surface area (Å²) in [4.78, 5) is 15.8. The molecule has 0 aliphatic rings. The number of ether oxygens (including phenoxy) is 1. The van der Waals surface area contributed by atoms with Crippen molar-refractivity contribution < 1.29 is 9.53 Å². The Hall–Kier alpha value is -2.28. The Morgan fingerprint density at radius 2 is 2.21 bits per heavy atom. The fourth-order valence-electron chi connectivity index (χ4n) is 1.70. The summed E-state index contributed by atoms with van der Waals surface area (Å²) in [6, 6.07) is 7.70. The highest BCUT2D eigenvalue weighted by molar-refractivity contribution is 7.15. The highest BCUT2D eigenvalue weighted by atomic mass is 32.1. The Balaban J connectivity index is 2.01.